The summed E-state index contributed by atoms with van der Waals surface area (Å²) in [5.74, 6) is -0.672. The Morgan fingerprint density at radius 1 is 1.19 bits per heavy atom. The average Bonchev–Trinajstić information content (AvgIpc) is 2.78. The van der Waals surface area contributed by atoms with Gasteiger partial charge in [-0.2, -0.15) is 5.10 Å². The summed E-state index contributed by atoms with van der Waals surface area (Å²) >= 11 is 0. The van der Waals surface area contributed by atoms with Gasteiger partial charge in [0.15, 0.2) is 0 Å². The molecule has 0 radical (unpaired) electrons. The molecule has 112 valence electrons. The van der Waals surface area contributed by atoms with Gasteiger partial charge in [-0.3, -0.25) is 4.79 Å². The molecular formula is C17H22N2O2. The zero-order valence-electron chi connectivity index (χ0n) is 12.9. The van der Waals surface area contributed by atoms with E-state index in [0.29, 0.717) is 0 Å². The van der Waals surface area contributed by atoms with E-state index < -0.39 is 12.0 Å². The van der Waals surface area contributed by atoms with Gasteiger partial charge in [-0.25, -0.2) is 4.68 Å². The molecule has 0 aliphatic heterocycles. The molecule has 2 atom stereocenters. The smallest absolute Gasteiger partial charge is 0.253 e. The fourth-order valence-electron chi connectivity index (χ4n) is 2.64. The molecule has 4 heteroatoms. The quantitative estimate of drug-likeness (QED) is 0.939. The molecule has 21 heavy (non-hydrogen) atoms. The second kappa shape index (κ2) is 6.22. The van der Waals surface area contributed by atoms with E-state index in [1.165, 1.54) is 4.68 Å². The molecule has 0 amide bonds. The Morgan fingerprint density at radius 3 is 2.29 bits per heavy atom. The molecule has 1 aromatic carbocycles. The van der Waals surface area contributed by atoms with E-state index in [-0.39, 0.29) is 11.8 Å². The van der Waals surface area contributed by atoms with Crippen molar-refractivity contribution in [3.8, 4) is 0 Å². The molecule has 4 nitrogen and oxygen atoms in total. The second-order valence-electron chi connectivity index (χ2n) is 5.80. The van der Waals surface area contributed by atoms with Crippen LogP contribution in [-0.2, 0) is 0 Å². The van der Waals surface area contributed by atoms with Crippen LogP contribution in [0.15, 0.2) is 36.4 Å². The van der Waals surface area contributed by atoms with Crippen molar-refractivity contribution in [1.82, 2.24) is 9.78 Å². The van der Waals surface area contributed by atoms with E-state index in [1.807, 2.05) is 64.1 Å². The standard InChI is InChI=1S/C17H22N2O2/c1-11(2)15(16(20)14-8-6-5-7-9-14)17(21)19-13(4)10-12(3)18-19/h5-11,15-16,20H,1-4H3/t15-,16-/m0/s1. The Balaban J connectivity index is 2.35. The molecule has 0 saturated heterocycles. The molecule has 0 bridgehead atoms. The first-order valence-electron chi connectivity index (χ1n) is 7.22. The van der Waals surface area contributed by atoms with E-state index in [0.717, 1.165) is 17.0 Å². The van der Waals surface area contributed by atoms with Crippen LogP contribution in [0.5, 0.6) is 0 Å². The predicted molar refractivity (Wildman–Crippen MR) is 82.1 cm³/mol. The molecule has 1 N–H and O–H groups in total. The number of hydrogen-bond acceptors (Lipinski definition) is 3. The first-order chi connectivity index (χ1) is 9.91. The Hall–Kier alpha value is -1.94. The predicted octanol–water partition coefficient (Wildman–Crippen LogP) is 3.15. The molecule has 0 saturated carbocycles. The van der Waals surface area contributed by atoms with Crippen LogP contribution in [0.2, 0.25) is 0 Å². The molecule has 0 spiro atoms. The maximum absolute atomic E-state index is 12.8. The fourth-order valence-corrected chi connectivity index (χ4v) is 2.64. The summed E-state index contributed by atoms with van der Waals surface area (Å²) in [5, 5.41) is 14.9. The summed E-state index contributed by atoms with van der Waals surface area (Å²) in [5.41, 5.74) is 2.35. The van der Waals surface area contributed by atoms with Crippen molar-refractivity contribution in [3.63, 3.8) is 0 Å². The Kier molecular flexibility index (Phi) is 4.58. The van der Waals surface area contributed by atoms with Gasteiger partial charge in [0.1, 0.15) is 0 Å². The van der Waals surface area contributed by atoms with Crippen molar-refractivity contribution in [2.45, 2.75) is 33.8 Å². The van der Waals surface area contributed by atoms with Crippen LogP contribution in [-0.4, -0.2) is 20.8 Å². The van der Waals surface area contributed by atoms with Crippen LogP contribution in [0.1, 0.15) is 41.7 Å². The lowest BCUT2D eigenvalue weighted by molar-refractivity contribution is 0.0463. The topological polar surface area (TPSA) is 55.1 Å². The highest BCUT2D eigenvalue weighted by molar-refractivity contribution is 5.82. The highest BCUT2D eigenvalue weighted by Gasteiger charge is 2.33. The highest BCUT2D eigenvalue weighted by atomic mass is 16.3. The van der Waals surface area contributed by atoms with Crippen molar-refractivity contribution >= 4 is 5.91 Å². The van der Waals surface area contributed by atoms with Crippen LogP contribution < -0.4 is 0 Å². The third-order valence-corrected chi connectivity index (χ3v) is 3.70. The van der Waals surface area contributed by atoms with Crippen LogP contribution in [0.25, 0.3) is 0 Å². The molecule has 2 rings (SSSR count). The molecule has 2 aromatic rings. The number of carbonyl (C=O) groups excluding carboxylic acids is 1. The van der Waals surface area contributed by atoms with Crippen molar-refractivity contribution in [3.05, 3.63) is 53.3 Å². The average molecular weight is 286 g/mol. The van der Waals surface area contributed by atoms with Gasteiger partial charge < -0.3 is 5.11 Å². The second-order valence-corrected chi connectivity index (χ2v) is 5.80. The zero-order chi connectivity index (χ0) is 15.6. The third-order valence-electron chi connectivity index (χ3n) is 3.70. The lowest BCUT2D eigenvalue weighted by Crippen LogP contribution is -2.32. The summed E-state index contributed by atoms with van der Waals surface area (Å²) in [4.78, 5) is 12.8. The van der Waals surface area contributed by atoms with Gasteiger partial charge in [-0.05, 0) is 31.4 Å². The zero-order valence-corrected chi connectivity index (χ0v) is 12.9. The molecule has 0 fully saturated rings. The van der Waals surface area contributed by atoms with E-state index in [1.54, 1.807) is 0 Å². The van der Waals surface area contributed by atoms with Gasteiger partial charge in [0.25, 0.3) is 5.91 Å². The molecule has 0 aliphatic rings. The fraction of sp³-hybridized carbons (Fsp3) is 0.412. The summed E-state index contributed by atoms with van der Waals surface area (Å²) in [6, 6.07) is 11.2. The first kappa shape index (κ1) is 15.4. The van der Waals surface area contributed by atoms with Crippen LogP contribution in [0.3, 0.4) is 0 Å². The summed E-state index contributed by atoms with van der Waals surface area (Å²) in [7, 11) is 0. The highest BCUT2D eigenvalue weighted by Crippen LogP contribution is 2.29. The minimum Gasteiger partial charge on any atom is -0.388 e. The third kappa shape index (κ3) is 3.22. The molecule has 1 heterocycles. The molecule has 0 unspecified atom stereocenters. The van der Waals surface area contributed by atoms with E-state index in [2.05, 4.69) is 5.10 Å². The Labute approximate surface area is 125 Å². The van der Waals surface area contributed by atoms with Crippen molar-refractivity contribution in [1.29, 1.82) is 0 Å². The van der Waals surface area contributed by atoms with Gasteiger partial charge in [-0.15, -0.1) is 0 Å². The number of aromatic nitrogens is 2. The van der Waals surface area contributed by atoms with Gasteiger partial charge >= 0.3 is 0 Å². The number of aryl methyl sites for hydroxylation is 2. The normalized spacial score (nSPS) is 14.2. The minimum absolute atomic E-state index is 0.0108. The Bertz CT molecular complexity index is 617. The van der Waals surface area contributed by atoms with Gasteiger partial charge in [-0.1, -0.05) is 44.2 Å². The lowest BCUT2D eigenvalue weighted by atomic mass is 9.85. The van der Waals surface area contributed by atoms with Gasteiger partial charge in [0.05, 0.1) is 17.7 Å². The first-order valence-corrected chi connectivity index (χ1v) is 7.22. The number of aliphatic hydroxyl groups is 1. The number of carbonyl (C=O) groups is 1. The van der Waals surface area contributed by atoms with E-state index in [9.17, 15) is 9.90 Å². The van der Waals surface area contributed by atoms with Crippen LogP contribution in [0, 0.1) is 25.7 Å². The van der Waals surface area contributed by atoms with Crippen molar-refractivity contribution in [2.24, 2.45) is 11.8 Å². The maximum atomic E-state index is 12.8. The van der Waals surface area contributed by atoms with Crippen LogP contribution >= 0.6 is 0 Å². The summed E-state index contributed by atoms with van der Waals surface area (Å²) in [6.07, 6.45) is -0.831. The number of rotatable bonds is 4. The monoisotopic (exact) mass is 286 g/mol. The number of benzene rings is 1. The minimum atomic E-state index is -0.831. The lowest BCUT2D eigenvalue weighted by Gasteiger charge is -2.25. The summed E-state index contributed by atoms with van der Waals surface area (Å²) < 4.78 is 1.41. The maximum Gasteiger partial charge on any atom is 0.253 e. The SMILES string of the molecule is Cc1cc(C)n(C(=O)[C@@H](C(C)C)[C@@H](O)c2ccccc2)n1. The van der Waals surface area contributed by atoms with Crippen molar-refractivity contribution < 1.29 is 9.90 Å². The number of hydrogen-bond donors (Lipinski definition) is 1. The number of aliphatic hydroxyl groups excluding tert-OH is 1. The number of nitrogens with zero attached hydrogens (tertiary/aromatic N) is 2. The molecule has 1 aromatic heterocycles. The van der Waals surface area contributed by atoms with Crippen LogP contribution in [0.4, 0.5) is 0 Å². The largest absolute Gasteiger partial charge is 0.388 e. The summed E-state index contributed by atoms with van der Waals surface area (Å²) in [6.45, 7) is 7.60. The Morgan fingerprint density at radius 2 is 1.81 bits per heavy atom. The van der Waals surface area contributed by atoms with Gasteiger partial charge in [0, 0.05) is 5.69 Å². The van der Waals surface area contributed by atoms with Gasteiger partial charge in [0.2, 0.25) is 0 Å². The van der Waals surface area contributed by atoms with Crippen molar-refractivity contribution in [2.75, 3.05) is 0 Å². The molecular weight excluding hydrogens is 264 g/mol. The van der Waals surface area contributed by atoms with E-state index in [4.69, 9.17) is 0 Å². The molecule has 0 aliphatic carbocycles. The van der Waals surface area contributed by atoms with E-state index >= 15 is 0 Å².